The summed E-state index contributed by atoms with van der Waals surface area (Å²) in [6.07, 6.45) is 4.97. The number of alkyl halides is 1. The van der Waals surface area contributed by atoms with E-state index in [0.29, 0.717) is 5.82 Å². The van der Waals surface area contributed by atoms with E-state index >= 15 is 0 Å². The number of hydrogen-bond acceptors (Lipinski definition) is 2. The van der Waals surface area contributed by atoms with Gasteiger partial charge in [-0.15, -0.1) is 0 Å². The van der Waals surface area contributed by atoms with Crippen LogP contribution in [0.25, 0.3) is 27.9 Å². The lowest BCUT2D eigenvalue weighted by molar-refractivity contribution is 0.121. The lowest BCUT2D eigenvalue weighted by Crippen LogP contribution is -2.29. The van der Waals surface area contributed by atoms with Crippen molar-refractivity contribution in [2.24, 2.45) is 0 Å². The van der Waals surface area contributed by atoms with Gasteiger partial charge in [0.25, 0.3) is 0 Å². The maximum atomic E-state index is 12.4. The van der Waals surface area contributed by atoms with E-state index in [0.717, 1.165) is 45.4 Å². The molecule has 0 saturated carbocycles. The fourth-order valence-corrected chi connectivity index (χ4v) is 5.26. The van der Waals surface area contributed by atoms with Crippen LogP contribution in [0.4, 0.5) is 0 Å². The highest BCUT2D eigenvalue weighted by molar-refractivity contribution is 9.09. The Morgan fingerprint density at radius 2 is 1.67 bits per heavy atom. The molecule has 4 aromatic rings. The molecule has 1 N–H and O–H groups in total. The van der Waals surface area contributed by atoms with Gasteiger partial charge in [0.05, 0.1) is 11.0 Å². The van der Waals surface area contributed by atoms with Crippen molar-refractivity contribution in [3.8, 4) is 11.1 Å². The number of aliphatic hydroxyl groups is 1. The predicted octanol–water partition coefficient (Wildman–Crippen LogP) is 5.89. The molecule has 3 nitrogen and oxygen atoms in total. The number of allylic oxidation sites excluding steroid dienone is 2. The minimum absolute atomic E-state index is 0.233. The minimum Gasteiger partial charge on any atom is -0.373 e. The van der Waals surface area contributed by atoms with Crippen LogP contribution in [0.5, 0.6) is 0 Å². The Kier molecular flexibility index (Phi) is 3.89. The van der Waals surface area contributed by atoms with E-state index < -0.39 is 5.60 Å². The Bertz CT molecular complexity index is 1350. The topological polar surface area (TPSA) is 38.0 Å². The van der Waals surface area contributed by atoms with Gasteiger partial charge in [-0.05, 0) is 23.3 Å². The number of halogens is 1. The molecule has 1 aromatic heterocycles. The standard InChI is InChI=1S/C26H19BrN2O/c27-18-14-15-21-24(16-18)29-23-13-7-6-12-22(23)28-25(29)26(21,30)20-11-5-4-10-19(20)17-8-2-1-3-9-17/h1-15,18,30H,16H2. The molecule has 0 radical (unpaired) electrons. The molecular weight excluding hydrogens is 436 g/mol. The van der Waals surface area contributed by atoms with E-state index in [4.69, 9.17) is 4.98 Å². The van der Waals surface area contributed by atoms with Gasteiger partial charge in [0.1, 0.15) is 0 Å². The van der Waals surface area contributed by atoms with Crippen LogP contribution >= 0.6 is 15.9 Å². The van der Waals surface area contributed by atoms with Crippen LogP contribution in [0, 0.1) is 0 Å². The third-order valence-corrected chi connectivity index (χ3v) is 6.75. The molecule has 0 bridgehead atoms. The average molecular weight is 455 g/mol. The summed E-state index contributed by atoms with van der Waals surface area (Å²) >= 11 is 3.74. The largest absolute Gasteiger partial charge is 0.373 e. The molecule has 3 aromatic carbocycles. The van der Waals surface area contributed by atoms with Crippen LogP contribution in [-0.4, -0.2) is 19.5 Å². The highest BCUT2D eigenvalue weighted by atomic mass is 79.9. The van der Waals surface area contributed by atoms with E-state index in [-0.39, 0.29) is 4.83 Å². The van der Waals surface area contributed by atoms with E-state index in [9.17, 15) is 5.11 Å². The maximum Gasteiger partial charge on any atom is 0.175 e. The minimum atomic E-state index is -1.32. The SMILES string of the molecule is OC1(c2ccccc2-c2ccccc2)C2=C(CC(Br)C=C2)n2c1nc1ccccc12. The summed E-state index contributed by atoms with van der Waals surface area (Å²) in [7, 11) is 0. The molecule has 1 aliphatic heterocycles. The van der Waals surface area contributed by atoms with Crippen LogP contribution in [0.2, 0.25) is 0 Å². The van der Waals surface area contributed by atoms with Crippen molar-refractivity contribution in [1.29, 1.82) is 0 Å². The average Bonchev–Trinajstić information content (AvgIpc) is 3.29. The molecule has 2 aliphatic rings. The molecule has 2 heterocycles. The zero-order valence-corrected chi connectivity index (χ0v) is 17.8. The van der Waals surface area contributed by atoms with Gasteiger partial charge in [0.2, 0.25) is 0 Å². The summed E-state index contributed by atoms with van der Waals surface area (Å²) in [4.78, 5) is 5.16. The highest BCUT2D eigenvalue weighted by Crippen LogP contribution is 2.52. The number of hydrogen-bond donors (Lipinski definition) is 1. The van der Waals surface area contributed by atoms with Gasteiger partial charge >= 0.3 is 0 Å². The van der Waals surface area contributed by atoms with Crippen molar-refractivity contribution in [2.75, 3.05) is 0 Å². The van der Waals surface area contributed by atoms with Gasteiger partial charge < -0.3 is 5.11 Å². The third kappa shape index (κ3) is 2.38. The number of aromatic nitrogens is 2. The number of imidazole rings is 1. The summed E-state index contributed by atoms with van der Waals surface area (Å²) < 4.78 is 2.16. The number of fused-ring (bicyclic) bond motifs is 4. The molecule has 0 saturated heterocycles. The van der Waals surface area contributed by atoms with E-state index in [1.54, 1.807) is 0 Å². The Labute approximate surface area is 183 Å². The molecule has 2 unspecified atom stereocenters. The quantitative estimate of drug-likeness (QED) is 0.383. The number of para-hydroxylation sites is 2. The molecule has 0 amide bonds. The summed E-state index contributed by atoms with van der Waals surface area (Å²) in [5.74, 6) is 0.670. The molecule has 1 aliphatic carbocycles. The monoisotopic (exact) mass is 454 g/mol. The maximum absolute atomic E-state index is 12.4. The summed E-state index contributed by atoms with van der Waals surface area (Å²) in [6, 6.07) is 26.5. The van der Waals surface area contributed by atoms with Crippen LogP contribution in [0.15, 0.2) is 96.6 Å². The first kappa shape index (κ1) is 17.9. The summed E-state index contributed by atoms with van der Waals surface area (Å²) in [5.41, 5.74) is 5.58. The molecule has 146 valence electrons. The van der Waals surface area contributed by atoms with Crippen LogP contribution in [0.1, 0.15) is 17.8 Å². The lowest BCUT2D eigenvalue weighted by atomic mass is 9.80. The second kappa shape index (κ2) is 6.53. The fourth-order valence-electron chi connectivity index (χ4n) is 4.80. The number of benzene rings is 3. The van der Waals surface area contributed by atoms with Crippen LogP contribution in [0.3, 0.4) is 0 Å². The van der Waals surface area contributed by atoms with Crippen molar-refractivity contribution >= 4 is 32.7 Å². The lowest BCUT2D eigenvalue weighted by Gasteiger charge is -2.28. The molecule has 0 fully saturated rings. The third-order valence-electron chi connectivity index (χ3n) is 6.12. The van der Waals surface area contributed by atoms with Crippen molar-refractivity contribution < 1.29 is 5.11 Å². The van der Waals surface area contributed by atoms with Crippen LogP contribution in [-0.2, 0) is 5.60 Å². The van der Waals surface area contributed by atoms with Crippen molar-refractivity contribution in [1.82, 2.24) is 9.55 Å². The normalized spacial score (nSPS) is 22.4. The molecular formula is C26H19BrN2O. The predicted molar refractivity (Wildman–Crippen MR) is 124 cm³/mol. The number of nitrogens with zero attached hydrogens (tertiary/aromatic N) is 2. The van der Waals surface area contributed by atoms with Crippen molar-refractivity contribution in [2.45, 2.75) is 16.8 Å². The zero-order chi connectivity index (χ0) is 20.3. The van der Waals surface area contributed by atoms with Crippen molar-refractivity contribution in [3.05, 3.63) is 108 Å². The molecule has 4 heteroatoms. The smallest absolute Gasteiger partial charge is 0.175 e. The first-order valence-electron chi connectivity index (χ1n) is 10.1. The molecule has 0 spiro atoms. The molecule has 30 heavy (non-hydrogen) atoms. The Hall–Kier alpha value is -2.95. The Morgan fingerprint density at radius 1 is 0.933 bits per heavy atom. The van der Waals surface area contributed by atoms with E-state index in [1.165, 1.54) is 0 Å². The van der Waals surface area contributed by atoms with Gasteiger partial charge in [0, 0.05) is 28.1 Å². The summed E-state index contributed by atoms with van der Waals surface area (Å²) in [6.45, 7) is 0. The first-order chi connectivity index (χ1) is 14.7. The highest BCUT2D eigenvalue weighted by Gasteiger charge is 2.49. The number of rotatable bonds is 2. The molecule has 6 rings (SSSR count). The second-order valence-corrected chi connectivity index (χ2v) is 9.00. The van der Waals surface area contributed by atoms with Gasteiger partial charge in [-0.1, -0.05) is 94.8 Å². The van der Waals surface area contributed by atoms with Gasteiger partial charge in [-0.3, -0.25) is 4.57 Å². The van der Waals surface area contributed by atoms with E-state index in [2.05, 4.69) is 56.9 Å². The molecule has 2 atom stereocenters. The Morgan fingerprint density at radius 3 is 2.53 bits per heavy atom. The first-order valence-corrected chi connectivity index (χ1v) is 11.0. The van der Waals surface area contributed by atoms with Gasteiger partial charge in [0.15, 0.2) is 11.4 Å². The summed E-state index contributed by atoms with van der Waals surface area (Å²) in [5, 5.41) is 12.4. The fraction of sp³-hybridized carbons (Fsp3) is 0.115. The van der Waals surface area contributed by atoms with E-state index in [1.807, 2.05) is 54.6 Å². The Balaban J connectivity index is 1.69. The second-order valence-electron chi connectivity index (χ2n) is 7.82. The van der Waals surface area contributed by atoms with Crippen LogP contribution < -0.4 is 0 Å². The van der Waals surface area contributed by atoms with Gasteiger partial charge in [-0.2, -0.15) is 0 Å². The van der Waals surface area contributed by atoms with Gasteiger partial charge in [-0.25, -0.2) is 4.98 Å². The van der Waals surface area contributed by atoms with Crippen molar-refractivity contribution in [3.63, 3.8) is 0 Å². The zero-order valence-electron chi connectivity index (χ0n) is 16.2.